The molecular weight excluding hydrogens is 275 g/mol. The Bertz CT molecular complexity index is 480. The molecule has 1 aromatic rings. The Morgan fingerprint density at radius 2 is 1.80 bits per heavy atom. The average Bonchev–Trinajstić information content (AvgIpc) is 2.24. The predicted molar refractivity (Wildman–Crippen MR) is 67.3 cm³/mol. The second-order valence-corrected chi connectivity index (χ2v) is 5.16. The zero-order valence-electron chi connectivity index (χ0n) is 11.3. The van der Waals surface area contributed by atoms with E-state index in [1.54, 1.807) is 20.8 Å². The number of aliphatic hydroxyl groups excluding tert-OH is 1. The SMILES string of the molecule is CC(C)(C)OC(=O)Nc1ccccc1[C@@H](O)C(F)(F)F. The molecule has 20 heavy (non-hydrogen) atoms. The maximum absolute atomic E-state index is 12.5. The summed E-state index contributed by atoms with van der Waals surface area (Å²) in [6, 6.07) is 5.13. The van der Waals surface area contributed by atoms with E-state index in [2.05, 4.69) is 5.32 Å². The number of rotatable bonds is 2. The van der Waals surface area contributed by atoms with Crippen LogP contribution in [0.25, 0.3) is 0 Å². The van der Waals surface area contributed by atoms with Crippen LogP contribution < -0.4 is 5.32 Å². The van der Waals surface area contributed by atoms with E-state index in [0.717, 1.165) is 6.07 Å². The number of nitrogens with one attached hydrogen (secondary N) is 1. The number of para-hydroxylation sites is 1. The molecule has 1 amide bonds. The first kappa shape index (κ1) is 16.3. The van der Waals surface area contributed by atoms with E-state index in [4.69, 9.17) is 4.74 Å². The highest BCUT2D eigenvalue weighted by atomic mass is 19.4. The molecule has 0 unspecified atom stereocenters. The van der Waals surface area contributed by atoms with Gasteiger partial charge in [-0.25, -0.2) is 4.79 Å². The number of carbonyl (C=O) groups is 1. The summed E-state index contributed by atoms with van der Waals surface area (Å²) in [6.07, 6.45) is -8.38. The van der Waals surface area contributed by atoms with E-state index < -0.39 is 29.5 Å². The van der Waals surface area contributed by atoms with E-state index in [1.807, 2.05) is 0 Å². The molecule has 0 aliphatic carbocycles. The van der Waals surface area contributed by atoms with Crippen LogP contribution in [0, 0.1) is 0 Å². The summed E-state index contributed by atoms with van der Waals surface area (Å²) in [5.74, 6) is 0. The van der Waals surface area contributed by atoms with Gasteiger partial charge in [0, 0.05) is 5.56 Å². The van der Waals surface area contributed by atoms with Gasteiger partial charge < -0.3 is 9.84 Å². The number of carbonyl (C=O) groups excluding carboxylic acids is 1. The summed E-state index contributed by atoms with van der Waals surface area (Å²) in [5, 5.41) is 11.5. The van der Waals surface area contributed by atoms with E-state index in [9.17, 15) is 23.1 Å². The number of halogens is 3. The molecule has 7 heteroatoms. The molecule has 112 valence electrons. The second kappa shape index (κ2) is 5.70. The highest BCUT2D eigenvalue weighted by molar-refractivity contribution is 5.86. The molecule has 0 aromatic heterocycles. The molecule has 2 N–H and O–H groups in total. The van der Waals surface area contributed by atoms with Crippen LogP contribution in [0.3, 0.4) is 0 Å². The smallest absolute Gasteiger partial charge is 0.418 e. The van der Waals surface area contributed by atoms with Crippen molar-refractivity contribution >= 4 is 11.8 Å². The summed E-state index contributed by atoms with van der Waals surface area (Å²) in [6.45, 7) is 4.88. The molecule has 0 fully saturated rings. The van der Waals surface area contributed by atoms with Crippen molar-refractivity contribution in [2.45, 2.75) is 38.7 Å². The van der Waals surface area contributed by atoms with Gasteiger partial charge in [-0.2, -0.15) is 13.2 Å². The van der Waals surface area contributed by atoms with Crippen molar-refractivity contribution in [3.05, 3.63) is 29.8 Å². The molecule has 1 rings (SSSR count). The normalized spacial score (nSPS) is 13.8. The van der Waals surface area contributed by atoms with E-state index in [0.29, 0.717) is 0 Å². The van der Waals surface area contributed by atoms with Gasteiger partial charge in [-0.15, -0.1) is 0 Å². The lowest BCUT2D eigenvalue weighted by Crippen LogP contribution is -2.28. The summed E-state index contributed by atoms with van der Waals surface area (Å²) in [4.78, 5) is 11.6. The fourth-order valence-corrected chi connectivity index (χ4v) is 1.44. The van der Waals surface area contributed by atoms with Crippen molar-refractivity contribution in [3.8, 4) is 0 Å². The average molecular weight is 291 g/mol. The van der Waals surface area contributed by atoms with Crippen molar-refractivity contribution in [3.63, 3.8) is 0 Å². The van der Waals surface area contributed by atoms with Gasteiger partial charge in [0.2, 0.25) is 0 Å². The molecule has 4 nitrogen and oxygen atoms in total. The molecule has 0 heterocycles. The molecule has 0 spiro atoms. The topological polar surface area (TPSA) is 58.6 Å². The van der Waals surface area contributed by atoms with Crippen LogP contribution in [0.4, 0.5) is 23.7 Å². The van der Waals surface area contributed by atoms with Crippen molar-refractivity contribution in [2.24, 2.45) is 0 Å². The quantitative estimate of drug-likeness (QED) is 0.874. The molecule has 1 aromatic carbocycles. The molecular formula is C13H16F3NO3. The lowest BCUT2D eigenvalue weighted by molar-refractivity contribution is -0.206. The minimum absolute atomic E-state index is 0.147. The number of anilines is 1. The maximum atomic E-state index is 12.5. The largest absolute Gasteiger partial charge is 0.444 e. The first-order valence-electron chi connectivity index (χ1n) is 5.84. The third-order valence-electron chi connectivity index (χ3n) is 2.20. The predicted octanol–water partition coefficient (Wildman–Crippen LogP) is 3.63. The molecule has 0 saturated heterocycles. The molecule has 0 bridgehead atoms. The lowest BCUT2D eigenvalue weighted by Gasteiger charge is -2.22. The van der Waals surface area contributed by atoms with E-state index in [1.165, 1.54) is 18.2 Å². The highest BCUT2D eigenvalue weighted by Gasteiger charge is 2.40. The Balaban J connectivity index is 2.95. The number of hydrogen-bond donors (Lipinski definition) is 2. The summed E-state index contributed by atoms with van der Waals surface area (Å²) in [7, 11) is 0. The standard InChI is InChI=1S/C13H16F3NO3/c1-12(2,3)20-11(19)17-9-7-5-4-6-8(9)10(18)13(14,15)16/h4-7,10,18H,1-3H3,(H,17,19)/t10-/m1/s1. The first-order valence-corrected chi connectivity index (χ1v) is 5.84. The molecule has 0 saturated carbocycles. The third kappa shape index (κ3) is 4.73. The Kier molecular flexibility index (Phi) is 4.65. The number of hydrogen-bond acceptors (Lipinski definition) is 3. The fraction of sp³-hybridized carbons (Fsp3) is 0.462. The van der Waals surface area contributed by atoms with Crippen LogP contribution >= 0.6 is 0 Å². The number of amides is 1. The molecule has 1 atom stereocenters. The van der Waals surface area contributed by atoms with Crippen LogP contribution in [0.5, 0.6) is 0 Å². The van der Waals surface area contributed by atoms with Crippen molar-refractivity contribution in [1.82, 2.24) is 0 Å². The minimum Gasteiger partial charge on any atom is -0.444 e. The maximum Gasteiger partial charge on any atom is 0.418 e. The third-order valence-corrected chi connectivity index (χ3v) is 2.20. The van der Waals surface area contributed by atoms with Gasteiger partial charge in [0.05, 0.1) is 5.69 Å². The molecule has 0 radical (unpaired) electrons. The van der Waals surface area contributed by atoms with Crippen molar-refractivity contribution in [1.29, 1.82) is 0 Å². The number of ether oxygens (including phenoxy) is 1. The van der Waals surface area contributed by atoms with Gasteiger partial charge in [-0.1, -0.05) is 18.2 Å². The van der Waals surface area contributed by atoms with Crippen LogP contribution in [-0.4, -0.2) is 23.0 Å². The molecule has 0 aliphatic rings. The fourth-order valence-electron chi connectivity index (χ4n) is 1.44. The first-order chi connectivity index (χ1) is 9.00. The van der Waals surface area contributed by atoms with Gasteiger partial charge in [0.1, 0.15) is 5.60 Å². The monoisotopic (exact) mass is 291 g/mol. The van der Waals surface area contributed by atoms with E-state index in [-0.39, 0.29) is 5.69 Å². The van der Waals surface area contributed by atoms with Crippen LogP contribution in [0.15, 0.2) is 24.3 Å². The zero-order valence-corrected chi connectivity index (χ0v) is 11.3. The zero-order chi connectivity index (χ0) is 15.6. The Morgan fingerprint density at radius 3 is 2.30 bits per heavy atom. The van der Waals surface area contributed by atoms with Gasteiger partial charge in [-0.3, -0.25) is 5.32 Å². The summed E-state index contributed by atoms with van der Waals surface area (Å²) >= 11 is 0. The highest BCUT2D eigenvalue weighted by Crippen LogP contribution is 2.36. The van der Waals surface area contributed by atoms with Crippen LogP contribution in [0.1, 0.15) is 32.4 Å². The molecule has 0 aliphatic heterocycles. The van der Waals surface area contributed by atoms with Gasteiger partial charge >= 0.3 is 12.3 Å². The van der Waals surface area contributed by atoms with Crippen LogP contribution in [0.2, 0.25) is 0 Å². The van der Waals surface area contributed by atoms with Crippen molar-refractivity contribution in [2.75, 3.05) is 5.32 Å². The van der Waals surface area contributed by atoms with Crippen molar-refractivity contribution < 1.29 is 27.8 Å². The summed E-state index contributed by atoms with van der Waals surface area (Å²) in [5.41, 5.74) is -1.36. The lowest BCUT2D eigenvalue weighted by atomic mass is 10.1. The van der Waals surface area contributed by atoms with E-state index >= 15 is 0 Å². The van der Waals surface area contributed by atoms with Gasteiger partial charge in [0.25, 0.3) is 0 Å². The minimum atomic E-state index is -4.81. The number of benzene rings is 1. The number of alkyl halides is 3. The summed E-state index contributed by atoms with van der Waals surface area (Å²) < 4.78 is 42.5. The van der Waals surface area contributed by atoms with Gasteiger partial charge in [0.15, 0.2) is 6.10 Å². The van der Waals surface area contributed by atoms with Crippen LogP contribution in [-0.2, 0) is 4.74 Å². The Morgan fingerprint density at radius 1 is 1.25 bits per heavy atom. The van der Waals surface area contributed by atoms with Gasteiger partial charge in [-0.05, 0) is 26.8 Å². The number of aliphatic hydroxyl groups is 1. The Hall–Kier alpha value is -1.76. The Labute approximate surface area is 114 Å². The second-order valence-electron chi connectivity index (χ2n) is 5.16.